The van der Waals surface area contributed by atoms with Crippen LogP contribution in [0.4, 0.5) is 8.78 Å². The summed E-state index contributed by atoms with van der Waals surface area (Å²) in [6.07, 6.45) is 4.85. The molecule has 134 valence electrons. The number of hydrogen-bond acceptors (Lipinski definition) is 1. The van der Waals surface area contributed by atoms with E-state index in [9.17, 15) is 13.6 Å². The van der Waals surface area contributed by atoms with Gasteiger partial charge < -0.3 is 9.88 Å². The number of nitrogens with one attached hydrogen (secondary N) is 1. The second-order valence-corrected chi connectivity index (χ2v) is 6.85. The van der Waals surface area contributed by atoms with Crippen molar-refractivity contribution in [2.24, 2.45) is 0 Å². The largest absolute Gasteiger partial charge is 0.361 e. The van der Waals surface area contributed by atoms with Crippen molar-refractivity contribution in [1.29, 1.82) is 0 Å². The molecular formula is C21H20F2N2O. The van der Waals surface area contributed by atoms with Crippen LogP contribution in [0.25, 0.3) is 10.9 Å². The number of halogens is 2. The lowest BCUT2D eigenvalue weighted by molar-refractivity contribution is -0.132. The van der Waals surface area contributed by atoms with Crippen LogP contribution in [0.2, 0.25) is 0 Å². The van der Waals surface area contributed by atoms with Crippen LogP contribution < -0.4 is 0 Å². The number of hydrogen-bond donors (Lipinski definition) is 1. The summed E-state index contributed by atoms with van der Waals surface area (Å²) in [5.41, 5.74) is 2.53. The fourth-order valence-corrected chi connectivity index (χ4v) is 3.36. The summed E-state index contributed by atoms with van der Waals surface area (Å²) in [5, 5.41) is 1.13. The second-order valence-electron chi connectivity index (χ2n) is 6.85. The predicted molar refractivity (Wildman–Crippen MR) is 96.5 cm³/mol. The monoisotopic (exact) mass is 354 g/mol. The van der Waals surface area contributed by atoms with Crippen LogP contribution in [-0.2, 0) is 17.8 Å². The topological polar surface area (TPSA) is 36.1 Å². The minimum absolute atomic E-state index is 0.0153. The second kappa shape index (κ2) is 6.90. The molecule has 0 aliphatic heterocycles. The Morgan fingerprint density at radius 3 is 2.69 bits per heavy atom. The molecule has 3 nitrogen and oxygen atoms in total. The van der Waals surface area contributed by atoms with Crippen molar-refractivity contribution in [2.75, 3.05) is 0 Å². The normalized spacial score (nSPS) is 13.9. The molecule has 26 heavy (non-hydrogen) atoms. The molecule has 0 saturated heterocycles. The highest BCUT2D eigenvalue weighted by Gasteiger charge is 2.32. The number of rotatable bonds is 6. The number of nitrogens with zero attached hydrogens (tertiary/aromatic N) is 1. The lowest BCUT2D eigenvalue weighted by Gasteiger charge is -2.23. The van der Waals surface area contributed by atoms with Gasteiger partial charge in [-0.1, -0.05) is 24.3 Å². The first-order valence-electron chi connectivity index (χ1n) is 8.90. The minimum Gasteiger partial charge on any atom is -0.361 e. The molecule has 1 N–H and O–H groups in total. The van der Waals surface area contributed by atoms with Crippen LogP contribution in [0.3, 0.4) is 0 Å². The van der Waals surface area contributed by atoms with Crippen molar-refractivity contribution in [2.45, 2.75) is 38.3 Å². The number of fused-ring (bicyclic) bond motifs is 1. The number of aryl methyl sites for hydroxylation is 1. The third-order valence-corrected chi connectivity index (χ3v) is 4.95. The highest BCUT2D eigenvalue weighted by Crippen LogP contribution is 2.30. The Kier molecular flexibility index (Phi) is 4.45. The van der Waals surface area contributed by atoms with E-state index in [-0.39, 0.29) is 18.5 Å². The lowest BCUT2D eigenvalue weighted by atomic mass is 10.1. The Hall–Kier alpha value is -2.69. The molecular weight excluding hydrogens is 334 g/mol. The molecule has 1 heterocycles. The van der Waals surface area contributed by atoms with E-state index in [0.717, 1.165) is 35.4 Å². The predicted octanol–water partition coefficient (Wildman–Crippen LogP) is 4.57. The molecule has 0 bridgehead atoms. The number of benzene rings is 2. The fourth-order valence-electron chi connectivity index (χ4n) is 3.36. The summed E-state index contributed by atoms with van der Waals surface area (Å²) in [5.74, 6) is -1.18. The molecule has 1 aromatic heterocycles. The zero-order chi connectivity index (χ0) is 18.1. The van der Waals surface area contributed by atoms with Gasteiger partial charge in [-0.15, -0.1) is 0 Å². The minimum atomic E-state index is -0.602. The number of amides is 1. The van der Waals surface area contributed by atoms with E-state index in [1.54, 1.807) is 4.90 Å². The Morgan fingerprint density at radius 2 is 1.92 bits per heavy atom. The molecule has 1 fully saturated rings. The standard InChI is InChI=1S/C21H20F2N2O/c22-16-7-5-15(19(23)11-16)13-25(17-8-9-17)21(26)10-6-14-12-24-20-4-2-1-3-18(14)20/h1-5,7,11-12,17,24H,6,8-10,13H2. The van der Waals surface area contributed by atoms with Gasteiger partial charge in [0.05, 0.1) is 0 Å². The zero-order valence-corrected chi connectivity index (χ0v) is 14.3. The summed E-state index contributed by atoms with van der Waals surface area (Å²) in [6, 6.07) is 11.7. The summed E-state index contributed by atoms with van der Waals surface area (Å²) >= 11 is 0. The molecule has 2 aromatic carbocycles. The number of aromatic nitrogens is 1. The number of aromatic amines is 1. The number of H-pyrrole nitrogens is 1. The highest BCUT2D eigenvalue weighted by molar-refractivity contribution is 5.84. The molecule has 3 aromatic rings. The van der Waals surface area contributed by atoms with Gasteiger partial charge in [0.1, 0.15) is 11.6 Å². The van der Waals surface area contributed by atoms with Gasteiger partial charge >= 0.3 is 0 Å². The van der Waals surface area contributed by atoms with Crippen LogP contribution >= 0.6 is 0 Å². The van der Waals surface area contributed by atoms with E-state index in [1.807, 2.05) is 30.5 Å². The maximum Gasteiger partial charge on any atom is 0.223 e. The highest BCUT2D eigenvalue weighted by atomic mass is 19.1. The van der Waals surface area contributed by atoms with Crippen LogP contribution in [0.1, 0.15) is 30.4 Å². The van der Waals surface area contributed by atoms with E-state index in [1.165, 1.54) is 12.1 Å². The average Bonchev–Trinajstić information content (AvgIpc) is 3.39. The maximum atomic E-state index is 14.0. The van der Waals surface area contributed by atoms with E-state index < -0.39 is 11.6 Å². The average molecular weight is 354 g/mol. The van der Waals surface area contributed by atoms with E-state index in [2.05, 4.69) is 4.98 Å². The fraction of sp³-hybridized carbons (Fsp3) is 0.286. The van der Waals surface area contributed by atoms with E-state index in [0.29, 0.717) is 18.4 Å². The van der Waals surface area contributed by atoms with Gasteiger partial charge in [-0.2, -0.15) is 0 Å². The molecule has 5 heteroatoms. The first-order chi connectivity index (χ1) is 12.6. The van der Waals surface area contributed by atoms with Crippen LogP contribution in [0.5, 0.6) is 0 Å². The van der Waals surface area contributed by atoms with Gasteiger partial charge in [0, 0.05) is 47.7 Å². The first kappa shape index (κ1) is 16.8. The van der Waals surface area contributed by atoms with E-state index in [4.69, 9.17) is 0 Å². The summed E-state index contributed by atoms with van der Waals surface area (Å²) in [6.45, 7) is 0.198. The summed E-state index contributed by atoms with van der Waals surface area (Å²) < 4.78 is 27.1. The van der Waals surface area contributed by atoms with Crippen LogP contribution in [0, 0.1) is 11.6 Å². The molecule has 1 aliphatic rings. The van der Waals surface area contributed by atoms with Gasteiger partial charge in [-0.3, -0.25) is 4.79 Å². The smallest absolute Gasteiger partial charge is 0.223 e. The molecule has 4 rings (SSSR count). The summed E-state index contributed by atoms with van der Waals surface area (Å²) in [4.78, 5) is 17.7. The third-order valence-electron chi connectivity index (χ3n) is 4.95. The Balaban J connectivity index is 1.46. The van der Waals surface area contributed by atoms with Crippen molar-refractivity contribution in [3.63, 3.8) is 0 Å². The molecule has 0 unspecified atom stereocenters. The number of carbonyl (C=O) groups is 1. The molecule has 1 saturated carbocycles. The SMILES string of the molecule is O=C(CCc1c[nH]c2ccccc12)N(Cc1ccc(F)cc1F)C1CC1. The van der Waals surface area contributed by atoms with Gasteiger partial charge in [-0.25, -0.2) is 8.78 Å². The van der Waals surface area contributed by atoms with Crippen molar-refractivity contribution >= 4 is 16.8 Å². The van der Waals surface area contributed by atoms with Crippen molar-refractivity contribution in [1.82, 2.24) is 9.88 Å². The van der Waals surface area contributed by atoms with Gasteiger partial charge in [0.2, 0.25) is 5.91 Å². The zero-order valence-electron chi connectivity index (χ0n) is 14.3. The lowest BCUT2D eigenvalue weighted by Crippen LogP contribution is -2.33. The Labute approximate surface area is 150 Å². The van der Waals surface area contributed by atoms with Gasteiger partial charge in [0.25, 0.3) is 0 Å². The summed E-state index contributed by atoms with van der Waals surface area (Å²) in [7, 11) is 0. The molecule has 1 aliphatic carbocycles. The first-order valence-corrected chi connectivity index (χ1v) is 8.90. The third kappa shape index (κ3) is 3.47. The molecule has 0 atom stereocenters. The van der Waals surface area contributed by atoms with Gasteiger partial charge in [0.15, 0.2) is 0 Å². The quantitative estimate of drug-likeness (QED) is 0.692. The van der Waals surface area contributed by atoms with Crippen LogP contribution in [-0.4, -0.2) is 21.8 Å². The van der Waals surface area contributed by atoms with E-state index >= 15 is 0 Å². The van der Waals surface area contributed by atoms with Crippen LogP contribution in [0.15, 0.2) is 48.7 Å². The van der Waals surface area contributed by atoms with Crippen molar-refractivity contribution < 1.29 is 13.6 Å². The van der Waals surface area contributed by atoms with Crippen molar-refractivity contribution in [3.8, 4) is 0 Å². The number of carbonyl (C=O) groups excluding carboxylic acids is 1. The van der Waals surface area contributed by atoms with Crippen molar-refractivity contribution in [3.05, 3.63) is 71.4 Å². The number of para-hydroxylation sites is 1. The Morgan fingerprint density at radius 1 is 1.12 bits per heavy atom. The molecule has 1 amide bonds. The van der Waals surface area contributed by atoms with Gasteiger partial charge in [-0.05, 0) is 37.0 Å². The molecule has 0 spiro atoms. The molecule has 0 radical (unpaired) electrons. The maximum absolute atomic E-state index is 14.0. The Bertz CT molecular complexity index is 946.